The summed E-state index contributed by atoms with van der Waals surface area (Å²) in [6.07, 6.45) is 3.88. The molecule has 0 fully saturated rings. The number of carboxylic acid groups (broad SMARTS) is 1. The summed E-state index contributed by atoms with van der Waals surface area (Å²) in [5.41, 5.74) is 2.30. The van der Waals surface area contributed by atoms with Gasteiger partial charge in [0, 0.05) is 18.9 Å². The second-order valence-electron chi connectivity index (χ2n) is 4.90. The van der Waals surface area contributed by atoms with Crippen LogP contribution in [0.3, 0.4) is 0 Å². The molecule has 5 heteroatoms. The Hall–Kier alpha value is -2.27. The van der Waals surface area contributed by atoms with E-state index in [-0.39, 0.29) is 0 Å². The summed E-state index contributed by atoms with van der Waals surface area (Å²) < 4.78 is 0. The summed E-state index contributed by atoms with van der Waals surface area (Å²) in [7, 11) is 0. The molecule has 1 aliphatic rings. The zero-order valence-corrected chi connectivity index (χ0v) is 10.9. The number of carbonyl (C=O) groups is 1. The van der Waals surface area contributed by atoms with Gasteiger partial charge in [-0.2, -0.15) is 0 Å². The van der Waals surface area contributed by atoms with E-state index in [4.69, 9.17) is 0 Å². The number of hydrogen-bond acceptors (Lipinski definition) is 4. The first-order chi connectivity index (χ1) is 9.74. The molecule has 0 amide bonds. The van der Waals surface area contributed by atoms with Gasteiger partial charge in [-0.05, 0) is 23.6 Å². The minimum absolute atomic E-state index is 0.451. The Kier molecular flexibility index (Phi) is 3.43. The molecule has 1 aliphatic heterocycles. The van der Waals surface area contributed by atoms with E-state index in [1.54, 1.807) is 18.5 Å². The van der Waals surface area contributed by atoms with Crippen LogP contribution in [0.1, 0.15) is 17.0 Å². The van der Waals surface area contributed by atoms with Crippen LogP contribution in [-0.2, 0) is 24.3 Å². The summed E-state index contributed by atoms with van der Waals surface area (Å²) in [6.45, 7) is 1.07. The van der Waals surface area contributed by atoms with Crippen LogP contribution in [0.25, 0.3) is 0 Å². The molecular weight excluding hydrogens is 254 g/mol. The molecule has 1 aromatic heterocycles. The number of aliphatic carboxylic acids is 1. The Morgan fingerprint density at radius 1 is 1.20 bits per heavy atom. The van der Waals surface area contributed by atoms with Gasteiger partial charge in [0.2, 0.25) is 0 Å². The minimum Gasteiger partial charge on any atom is -0.480 e. The SMILES string of the molecule is O=C(O)C1Cc2ccccc2CN1Cc1ncccn1. The highest BCUT2D eigenvalue weighted by atomic mass is 16.4. The van der Waals surface area contributed by atoms with E-state index < -0.39 is 12.0 Å². The molecule has 3 rings (SSSR count). The van der Waals surface area contributed by atoms with Gasteiger partial charge in [-0.25, -0.2) is 9.97 Å². The largest absolute Gasteiger partial charge is 0.480 e. The summed E-state index contributed by atoms with van der Waals surface area (Å²) >= 11 is 0. The van der Waals surface area contributed by atoms with Crippen LogP contribution in [0, 0.1) is 0 Å². The molecule has 0 spiro atoms. The number of hydrogen-bond donors (Lipinski definition) is 1. The molecule has 0 radical (unpaired) electrons. The van der Waals surface area contributed by atoms with Crippen LogP contribution in [0.4, 0.5) is 0 Å². The lowest BCUT2D eigenvalue weighted by Gasteiger charge is -2.33. The van der Waals surface area contributed by atoms with Crippen molar-refractivity contribution in [1.82, 2.24) is 14.9 Å². The van der Waals surface area contributed by atoms with E-state index in [1.165, 1.54) is 5.56 Å². The molecule has 102 valence electrons. The van der Waals surface area contributed by atoms with E-state index in [0.29, 0.717) is 25.3 Å². The Balaban J connectivity index is 1.87. The molecule has 0 bridgehead atoms. The van der Waals surface area contributed by atoms with Crippen molar-refractivity contribution < 1.29 is 9.90 Å². The van der Waals surface area contributed by atoms with Crippen molar-refractivity contribution in [1.29, 1.82) is 0 Å². The number of fused-ring (bicyclic) bond motifs is 1. The Morgan fingerprint density at radius 3 is 2.60 bits per heavy atom. The zero-order valence-electron chi connectivity index (χ0n) is 10.9. The van der Waals surface area contributed by atoms with E-state index in [2.05, 4.69) is 9.97 Å². The molecule has 0 aliphatic carbocycles. The van der Waals surface area contributed by atoms with E-state index in [1.807, 2.05) is 29.2 Å². The summed E-state index contributed by atoms with van der Waals surface area (Å²) in [4.78, 5) is 21.8. The molecule has 1 atom stereocenters. The third-order valence-corrected chi connectivity index (χ3v) is 3.59. The lowest BCUT2D eigenvalue weighted by molar-refractivity contribution is -0.144. The standard InChI is InChI=1S/C15H15N3O2/c19-15(20)13-8-11-4-1-2-5-12(11)9-18(13)10-14-16-6-3-7-17-14/h1-7,13H,8-10H2,(H,19,20). The average molecular weight is 269 g/mol. The lowest BCUT2D eigenvalue weighted by Crippen LogP contribution is -2.45. The number of rotatable bonds is 3. The second-order valence-corrected chi connectivity index (χ2v) is 4.90. The fourth-order valence-corrected chi connectivity index (χ4v) is 2.58. The monoisotopic (exact) mass is 269 g/mol. The first kappa shape index (κ1) is 12.7. The fourth-order valence-electron chi connectivity index (χ4n) is 2.58. The Labute approximate surface area is 116 Å². The number of benzene rings is 1. The topological polar surface area (TPSA) is 66.3 Å². The maximum absolute atomic E-state index is 11.5. The van der Waals surface area contributed by atoms with Crippen LogP contribution in [0.2, 0.25) is 0 Å². The fraction of sp³-hybridized carbons (Fsp3) is 0.267. The van der Waals surface area contributed by atoms with Gasteiger partial charge in [0.25, 0.3) is 0 Å². The van der Waals surface area contributed by atoms with E-state index in [9.17, 15) is 9.90 Å². The van der Waals surface area contributed by atoms with Gasteiger partial charge in [-0.3, -0.25) is 9.69 Å². The second kappa shape index (κ2) is 5.38. The van der Waals surface area contributed by atoms with Crippen molar-refractivity contribution in [2.45, 2.75) is 25.6 Å². The quantitative estimate of drug-likeness (QED) is 0.914. The van der Waals surface area contributed by atoms with Crippen molar-refractivity contribution in [3.63, 3.8) is 0 Å². The number of nitrogens with zero attached hydrogens (tertiary/aromatic N) is 3. The molecule has 2 aromatic rings. The minimum atomic E-state index is -0.796. The highest BCUT2D eigenvalue weighted by Gasteiger charge is 2.31. The molecule has 5 nitrogen and oxygen atoms in total. The highest BCUT2D eigenvalue weighted by Crippen LogP contribution is 2.24. The van der Waals surface area contributed by atoms with Gasteiger partial charge in [0.15, 0.2) is 0 Å². The van der Waals surface area contributed by atoms with Gasteiger partial charge >= 0.3 is 5.97 Å². The Morgan fingerprint density at radius 2 is 1.90 bits per heavy atom. The van der Waals surface area contributed by atoms with Gasteiger partial charge < -0.3 is 5.11 Å². The summed E-state index contributed by atoms with van der Waals surface area (Å²) in [5.74, 6) is -0.145. The predicted octanol–water partition coefficient (Wildman–Crippen LogP) is 1.49. The smallest absolute Gasteiger partial charge is 0.321 e. The molecule has 20 heavy (non-hydrogen) atoms. The van der Waals surface area contributed by atoms with Crippen LogP contribution < -0.4 is 0 Å². The van der Waals surface area contributed by atoms with Crippen molar-refractivity contribution in [3.05, 3.63) is 59.7 Å². The summed E-state index contributed by atoms with van der Waals surface area (Å²) in [5, 5.41) is 9.43. The Bertz CT molecular complexity index is 616. The van der Waals surface area contributed by atoms with Crippen molar-refractivity contribution in [3.8, 4) is 0 Å². The third-order valence-electron chi connectivity index (χ3n) is 3.59. The van der Waals surface area contributed by atoms with Crippen LogP contribution >= 0.6 is 0 Å². The van der Waals surface area contributed by atoms with Gasteiger partial charge in [0.05, 0.1) is 6.54 Å². The molecule has 0 saturated carbocycles. The highest BCUT2D eigenvalue weighted by molar-refractivity contribution is 5.74. The first-order valence-electron chi connectivity index (χ1n) is 6.53. The van der Waals surface area contributed by atoms with Crippen LogP contribution in [0.5, 0.6) is 0 Å². The number of carboxylic acids is 1. The van der Waals surface area contributed by atoms with Gasteiger partial charge in [-0.15, -0.1) is 0 Å². The normalized spacial score (nSPS) is 18.5. The number of aromatic nitrogens is 2. The van der Waals surface area contributed by atoms with Gasteiger partial charge in [-0.1, -0.05) is 24.3 Å². The maximum atomic E-state index is 11.5. The summed E-state index contributed by atoms with van der Waals surface area (Å²) in [6, 6.07) is 9.22. The lowest BCUT2D eigenvalue weighted by atomic mass is 9.94. The third kappa shape index (κ3) is 2.53. The maximum Gasteiger partial charge on any atom is 0.321 e. The predicted molar refractivity (Wildman–Crippen MR) is 72.8 cm³/mol. The molecule has 2 heterocycles. The molecule has 1 aromatic carbocycles. The van der Waals surface area contributed by atoms with E-state index >= 15 is 0 Å². The van der Waals surface area contributed by atoms with Crippen molar-refractivity contribution in [2.24, 2.45) is 0 Å². The molecule has 1 unspecified atom stereocenters. The van der Waals surface area contributed by atoms with Crippen molar-refractivity contribution in [2.75, 3.05) is 0 Å². The van der Waals surface area contributed by atoms with Crippen molar-refractivity contribution >= 4 is 5.97 Å². The zero-order chi connectivity index (χ0) is 13.9. The average Bonchev–Trinajstić information content (AvgIpc) is 2.47. The molecular formula is C15H15N3O2. The first-order valence-corrected chi connectivity index (χ1v) is 6.53. The van der Waals surface area contributed by atoms with Crippen LogP contribution in [-0.4, -0.2) is 32.0 Å². The molecule has 0 saturated heterocycles. The van der Waals surface area contributed by atoms with E-state index in [0.717, 1.165) is 5.56 Å². The molecule has 1 N–H and O–H groups in total. The van der Waals surface area contributed by atoms with Gasteiger partial charge in [0.1, 0.15) is 11.9 Å². The van der Waals surface area contributed by atoms with Crippen LogP contribution in [0.15, 0.2) is 42.7 Å².